The number of nitrogens with zero attached hydrogens (tertiary/aromatic N) is 4. The summed E-state index contributed by atoms with van der Waals surface area (Å²) in [6, 6.07) is 6.34. The first-order chi connectivity index (χ1) is 12.6. The second-order valence-electron chi connectivity index (χ2n) is 6.50. The summed E-state index contributed by atoms with van der Waals surface area (Å²) >= 11 is 2.92. The van der Waals surface area contributed by atoms with Gasteiger partial charge in [-0.3, -0.25) is 4.79 Å². The number of amides is 1. The Morgan fingerprint density at radius 2 is 2.19 bits per heavy atom. The van der Waals surface area contributed by atoms with Crippen LogP contribution in [0, 0.1) is 13.8 Å². The van der Waals surface area contributed by atoms with Gasteiger partial charge in [-0.2, -0.15) is 4.52 Å². The average Bonchev–Trinajstić information content (AvgIpc) is 3.32. The molecule has 1 aliphatic rings. The van der Waals surface area contributed by atoms with Crippen LogP contribution in [0.1, 0.15) is 35.8 Å². The highest BCUT2D eigenvalue weighted by Gasteiger charge is 2.27. The number of thioether (sulfide) groups is 1. The molecule has 2 aromatic heterocycles. The number of nitrogens with one attached hydrogen (secondary N) is 1. The highest BCUT2D eigenvalue weighted by atomic mass is 32.2. The zero-order valence-electron chi connectivity index (χ0n) is 14.7. The van der Waals surface area contributed by atoms with Gasteiger partial charge in [-0.25, -0.2) is 0 Å². The van der Waals surface area contributed by atoms with Crippen molar-refractivity contribution in [3.05, 3.63) is 35.2 Å². The van der Waals surface area contributed by atoms with Gasteiger partial charge in [0.15, 0.2) is 4.34 Å². The minimum absolute atomic E-state index is 0.0253. The molecule has 1 aliphatic heterocycles. The minimum atomic E-state index is -0.0253. The fourth-order valence-corrected chi connectivity index (χ4v) is 4.91. The molecule has 0 spiro atoms. The van der Waals surface area contributed by atoms with Gasteiger partial charge in [-0.15, -0.1) is 15.3 Å². The van der Waals surface area contributed by atoms with E-state index >= 15 is 0 Å². The predicted octanol–water partition coefficient (Wildman–Crippen LogP) is 1.93. The zero-order valence-corrected chi connectivity index (χ0v) is 16.4. The zero-order chi connectivity index (χ0) is 18.1. The Balaban J connectivity index is 1.42. The number of hydrogen-bond donors (Lipinski definition) is 2. The summed E-state index contributed by atoms with van der Waals surface area (Å²) in [6.07, 6.45) is 2.31. The number of hydrogen-bond acceptors (Lipinski definition) is 6. The maximum absolute atomic E-state index is 12.3. The summed E-state index contributed by atoms with van der Waals surface area (Å²) in [5.74, 6) is 1.21. The van der Waals surface area contributed by atoms with Crippen LogP contribution in [0.15, 0.2) is 22.5 Å². The van der Waals surface area contributed by atoms with Crippen LogP contribution in [0.5, 0.6) is 0 Å². The van der Waals surface area contributed by atoms with Crippen LogP contribution in [0.3, 0.4) is 0 Å². The normalized spacial score (nSPS) is 17.1. The molecular formula is C17H21N6OS2+. The average molecular weight is 390 g/mol. The van der Waals surface area contributed by atoms with Crippen molar-refractivity contribution in [2.24, 2.45) is 0 Å². The lowest BCUT2D eigenvalue weighted by molar-refractivity contribution is -0.677. The van der Waals surface area contributed by atoms with Crippen molar-refractivity contribution >= 4 is 39.7 Å². The van der Waals surface area contributed by atoms with Gasteiger partial charge in [0.25, 0.3) is 0 Å². The third-order valence-corrected chi connectivity index (χ3v) is 6.60. The molecule has 0 bridgehead atoms. The SMILES string of the molecule is Cc1cccc(C)c1NC(=O)CSc1nn2c([C@H]3CCC[NH2+]3)nnc2s1. The molecule has 0 aliphatic carbocycles. The van der Waals surface area contributed by atoms with Crippen molar-refractivity contribution in [3.8, 4) is 0 Å². The smallest absolute Gasteiger partial charge is 0.235 e. The summed E-state index contributed by atoms with van der Waals surface area (Å²) in [5, 5.41) is 18.4. The lowest BCUT2D eigenvalue weighted by atomic mass is 10.1. The predicted molar refractivity (Wildman–Crippen MR) is 103 cm³/mol. The lowest BCUT2D eigenvalue weighted by Crippen LogP contribution is -2.82. The van der Waals surface area contributed by atoms with Gasteiger partial charge in [-0.1, -0.05) is 41.3 Å². The summed E-state index contributed by atoms with van der Waals surface area (Å²) in [5.41, 5.74) is 3.04. The van der Waals surface area contributed by atoms with Crippen molar-refractivity contribution in [1.82, 2.24) is 19.8 Å². The Labute approximate surface area is 159 Å². The summed E-state index contributed by atoms with van der Waals surface area (Å²) in [7, 11) is 0. The molecule has 1 aromatic carbocycles. The number of carbonyl (C=O) groups is 1. The summed E-state index contributed by atoms with van der Waals surface area (Å²) in [6.45, 7) is 5.13. The number of benzene rings is 1. The molecule has 0 radical (unpaired) electrons. The molecule has 26 heavy (non-hydrogen) atoms. The molecule has 1 amide bonds. The van der Waals surface area contributed by atoms with Crippen molar-refractivity contribution < 1.29 is 10.1 Å². The molecule has 0 unspecified atom stereocenters. The second kappa shape index (κ2) is 7.34. The maximum atomic E-state index is 12.3. The summed E-state index contributed by atoms with van der Waals surface area (Å²) < 4.78 is 2.67. The quantitative estimate of drug-likeness (QED) is 0.651. The molecule has 3 N–H and O–H groups in total. The third-order valence-electron chi connectivity index (χ3n) is 4.57. The van der Waals surface area contributed by atoms with Crippen LogP contribution in [-0.2, 0) is 4.79 Å². The number of aryl methyl sites for hydroxylation is 2. The largest absolute Gasteiger partial charge is 0.337 e. The lowest BCUT2D eigenvalue weighted by Gasteiger charge is -2.10. The fourth-order valence-electron chi connectivity index (χ4n) is 3.23. The van der Waals surface area contributed by atoms with Gasteiger partial charge in [0.2, 0.25) is 16.7 Å². The van der Waals surface area contributed by atoms with Gasteiger partial charge < -0.3 is 10.6 Å². The van der Waals surface area contributed by atoms with Crippen LogP contribution >= 0.6 is 23.1 Å². The van der Waals surface area contributed by atoms with Crippen molar-refractivity contribution in [2.45, 2.75) is 37.1 Å². The van der Waals surface area contributed by atoms with Crippen molar-refractivity contribution in [2.75, 3.05) is 17.6 Å². The Morgan fingerprint density at radius 1 is 1.38 bits per heavy atom. The Bertz CT molecular complexity index is 924. The molecule has 1 saturated heterocycles. The topological polar surface area (TPSA) is 88.8 Å². The Hall–Kier alpha value is -1.97. The van der Waals surface area contributed by atoms with Crippen LogP contribution in [0.25, 0.3) is 4.96 Å². The molecule has 1 atom stereocenters. The first-order valence-corrected chi connectivity index (χ1v) is 10.5. The van der Waals surface area contributed by atoms with Gasteiger partial charge in [0.1, 0.15) is 6.04 Å². The van der Waals surface area contributed by atoms with E-state index in [1.54, 1.807) is 0 Å². The van der Waals surface area contributed by atoms with E-state index in [1.807, 2.05) is 36.6 Å². The molecule has 9 heteroatoms. The Kier molecular flexibility index (Phi) is 4.92. The van der Waals surface area contributed by atoms with Crippen LogP contribution < -0.4 is 10.6 Å². The van der Waals surface area contributed by atoms with Gasteiger partial charge in [-0.05, 0) is 25.0 Å². The van der Waals surface area contributed by atoms with Gasteiger partial charge >= 0.3 is 0 Å². The van der Waals surface area contributed by atoms with E-state index in [0.29, 0.717) is 11.8 Å². The van der Waals surface area contributed by atoms with Crippen molar-refractivity contribution in [1.29, 1.82) is 0 Å². The number of aromatic nitrogens is 4. The van der Waals surface area contributed by atoms with E-state index in [0.717, 1.165) is 44.9 Å². The van der Waals surface area contributed by atoms with Crippen LogP contribution in [0.4, 0.5) is 5.69 Å². The number of rotatable bonds is 5. The number of carbonyl (C=O) groups excluding carboxylic acids is 1. The molecule has 136 valence electrons. The first-order valence-electron chi connectivity index (χ1n) is 8.66. The molecule has 0 saturated carbocycles. The fraction of sp³-hybridized carbons (Fsp3) is 0.412. The molecule has 4 rings (SSSR count). The number of nitrogens with two attached hydrogens (primary N) is 1. The monoisotopic (exact) mass is 389 g/mol. The number of fused-ring (bicyclic) bond motifs is 1. The van der Waals surface area contributed by atoms with Gasteiger partial charge in [0, 0.05) is 18.5 Å². The molecular weight excluding hydrogens is 368 g/mol. The van der Waals surface area contributed by atoms with Crippen molar-refractivity contribution in [3.63, 3.8) is 0 Å². The van der Waals surface area contributed by atoms with Crippen LogP contribution in [-0.4, -0.2) is 38.0 Å². The number of anilines is 1. The minimum Gasteiger partial charge on any atom is -0.337 e. The van der Waals surface area contributed by atoms with Gasteiger partial charge in [0.05, 0.1) is 12.3 Å². The van der Waals surface area contributed by atoms with E-state index in [4.69, 9.17) is 0 Å². The molecule has 1 fully saturated rings. The highest BCUT2D eigenvalue weighted by Crippen LogP contribution is 2.27. The molecule has 3 heterocycles. The number of quaternary nitrogens is 1. The molecule has 3 aromatic rings. The van der Waals surface area contributed by atoms with Crippen LogP contribution in [0.2, 0.25) is 0 Å². The maximum Gasteiger partial charge on any atom is 0.235 e. The standard InChI is InChI=1S/C17H20N6OS2/c1-10-5-3-6-11(2)14(10)19-13(24)9-25-17-22-23-15(12-7-4-8-18-12)20-21-16(23)26-17/h3,5-6,12,18H,4,7-9H2,1-2H3,(H,19,24)/p+1/t12-/m1/s1. The van der Waals surface area contributed by atoms with E-state index < -0.39 is 0 Å². The Morgan fingerprint density at radius 3 is 2.92 bits per heavy atom. The van der Waals surface area contributed by atoms with E-state index in [9.17, 15) is 4.79 Å². The first kappa shape index (κ1) is 17.4. The second-order valence-corrected chi connectivity index (χ2v) is 8.68. The van der Waals surface area contributed by atoms with E-state index in [-0.39, 0.29) is 5.91 Å². The van der Waals surface area contributed by atoms with E-state index in [1.165, 1.54) is 29.5 Å². The molecule has 7 nitrogen and oxygen atoms in total. The van der Waals surface area contributed by atoms with E-state index in [2.05, 4.69) is 25.9 Å². The number of para-hydroxylation sites is 1. The highest BCUT2D eigenvalue weighted by molar-refractivity contribution is 8.01. The summed E-state index contributed by atoms with van der Waals surface area (Å²) in [4.78, 5) is 13.1. The third kappa shape index (κ3) is 3.46.